The maximum absolute atomic E-state index is 13.4. The van der Waals surface area contributed by atoms with Gasteiger partial charge in [0.25, 0.3) is 5.91 Å². The van der Waals surface area contributed by atoms with E-state index in [1.807, 2.05) is 0 Å². The SMILES string of the molecule is COc1c(COC(=O)Nc2ccc(Oc3cc(F)c(F)c(F)c3)cc2)ccc2c1C(=O)N(C1CCC(=O)NC1=O)C2. The summed E-state index contributed by atoms with van der Waals surface area (Å²) in [5, 5.41) is 4.76. The van der Waals surface area contributed by atoms with Crippen LogP contribution in [0, 0.1) is 17.5 Å². The van der Waals surface area contributed by atoms with Crippen molar-refractivity contribution in [1.82, 2.24) is 10.2 Å². The summed E-state index contributed by atoms with van der Waals surface area (Å²) in [5.74, 6) is -5.58. The molecule has 3 aromatic carbocycles. The average Bonchev–Trinajstić information content (AvgIpc) is 3.27. The molecule has 4 amide bonds. The number of hydrogen-bond donors (Lipinski definition) is 2. The molecule has 0 radical (unpaired) electrons. The lowest BCUT2D eigenvalue weighted by Gasteiger charge is -2.29. The third kappa shape index (κ3) is 5.64. The van der Waals surface area contributed by atoms with Gasteiger partial charge in [-0.25, -0.2) is 18.0 Å². The Balaban J connectivity index is 1.20. The summed E-state index contributed by atoms with van der Waals surface area (Å²) in [6.45, 7) is -0.0694. The molecule has 1 fully saturated rings. The van der Waals surface area contributed by atoms with E-state index in [9.17, 15) is 32.3 Å². The number of rotatable bonds is 7. The van der Waals surface area contributed by atoms with Crippen molar-refractivity contribution in [2.45, 2.75) is 32.0 Å². The predicted molar refractivity (Wildman–Crippen MR) is 136 cm³/mol. The number of imide groups is 1. The van der Waals surface area contributed by atoms with Crippen molar-refractivity contribution in [2.24, 2.45) is 0 Å². The molecular formula is C28H22F3N3O7. The normalized spacial score (nSPS) is 16.2. The molecule has 1 saturated heterocycles. The number of anilines is 1. The van der Waals surface area contributed by atoms with Gasteiger partial charge in [-0.05, 0) is 36.2 Å². The highest BCUT2D eigenvalue weighted by atomic mass is 19.2. The number of nitrogens with one attached hydrogen (secondary N) is 2. The van der Waals surface area contributed by atoms with Crippen LogP contribution in [0.2, 0.25) is 0 Å². The number of halogens is 3. The summed E-state index contributed by atoms with van der Waals surface area (Å²) in [5.41, 5.74) is 1.63. The van der Waals surface area contributed by atoms with E-state index < -0.39 is 41.4 Å². The molecular weight excluding hydrogens is 547 g/mol. The number of methoxy groups -OCH3 is 1. The van der Waals surface area contributed by atoms with Gasteiger partial charge in [0.2, 0.25) is 11.8 Å². The van der Waals surface area contributed by atoms with E-state index in [2.05, 4.69) is 10.6 Å². The van der Waals surface area contributed by atoms with Gasteiger partial charge in [-0.15, -0.1) is 0 Å². The molecule has 2 aliphatic rings. The zero-order chi connectivity index (χ0) is 29.3. The van der Waals surface area contributed by atoms with E-state index in [4.69, 9.17) is 14.2 Å². The molecule has 1 unspecified atom stereocenters. The van der Waals surface area contributed by atoms with Gasteiger partial charge in [0.05, 0.1) is 12.7 Å². The number of ether oxygens (including phenoxy) is 3. The first-order chi connectivity index (χ1) is 19.6. The molecule has 2 heterocycles. The van der Waals surface area contributed by atoms with Crippen LogP contribution in [-0.2, 0) is 27.5 Å². The lowest BCUT2D eigenvalue weighted by molar-refractivity contribution is -0.136. The van der Waals surface area contributed by atoms with Crippen LogP contribution in [0.1, 0.15) is 34.3 Å². The molecule has 0 saturated carbocycles. The van der Waals surface area contributed by atoms with Gasteiger partial charge < -0.3 is 19.1 Å². The Morgan fingerprint density at radius 2 is 1.73 bits per heavy atom. The molecule has 212 valence electrons. The predicted octanol–water partition coefficient (Wildman–Crippen LogP) is 4.41. The number of hydrogen-bond acceptors (Lipinski definition) is 7. The molecule has 41 heavy (non-hydrogen) atoms. The van der Waals surface area contributed by atoms with Gasteiger partial charge in [-0.1, -0.05) is 12.1 Å². The number of benzene rings is 3. The van der Waals surface area contributed by atoms with Crippen LogP contribution in [0.5, 0.6) is 17.2 Å². The van der Waals surface area contributed by atoms with E-state index in [1.165, 1.54) is 36.3 Å². The fourth-order valence-electron chi connectivity index (χ4n) is 4.64. The van der Waals surface area contributed by atoms with Gasteiger partial charge in [-0.3, -0.25) is 25.0 Å². The van der Waals surface area contributed by atoms with Gasteiger partial charge in [0, 0.05) is 36.3 Å². The number of piperidine rings is 1. The van der Waals surface area contributed by atoms with Crippen LogP contribution in [0.4, 0.5) is 23.7 Å². The van der Waals surface area contributed by atoms with E-state index in [0.717, 1.165) is 0 Å². The first-order valence-corrected chi connectivity index (χ1v) is 12.3. The maximum atomic E-state index is 13.4. The van der Waals surface area contributed by atoms with Crippen molar-refractivity contribution in [1.29, 1.82) is 0 Å². The monoisotopic (exact) mass is 569 g/mol. The second-order valence-corrected chi connectivity index (χ2v) is 9.22. The highest BCUT2D eigenvalue weighted by Crippen LogP contribution is 2.36. The zero-order valence-electron chi connectivity index (χ0n) is 21.5. The largest absolute Gasteiger partial charge is 0.495 e. The number of amides is 4. The smallest absolute Gasteiger partial charge is 0.411 e. The van der Waals surface area contributed by atoms with Crippen molar-refractivity contribution in [3.8, 4) is 17.2 Å². The number of carbonyl (C=O) groups excluding carboxylic acids is 4. The molecule has 0 aliphatic carbocycles. The topological polar surface area (TPSA) is 123 Å². The Bertz CT molecular complexity index is 1540. The molecule has 0 spiro atoms. The van der Waals surface area contributed by atoms with E-state index >= 15 is 0 Å². The third-order valence-corrected chi connectivity index (χ3v) is 6.58. The summed E-state index contributed by atoms with van der Waals surface area (Å²) in [4.78, 5) is 50.8. The van der Waals surface area contributed by atoms with Crippen molar-refractivity contribution in [3.63, 3.8) is 0 Å². The van der Waals surface area contributed by atoms with E-state index in [1.54, 1.807) is 12.1 Å². The Kier molecular flexibility index (Phi) is 7.51. The minimum Gasteiger partial charge on any atom is -0.495 e. The van der Waals surface area contributed by atoms with Gasteiger partial charge in [0.1, 0.15) is 29.9 Å². The molecule has 1 atom stereocenters. The van der Waals surface area contributed by atoms with E-state index in [-0.39, 0.29) is 54.7 Å². The molecule has 0 aromatic heterocycles. The standard InChI is InChI=1S/C28H22F3N3O7/c1-39-25-15(3-2-14-12-34(27(37)23(14)25)21-8-9-22(35)33-26(21)36)13-40-28(38)32-16-4-6-17(7-5-16)41-18-10-19(29)24(31)20(30)11-18/h2-7,10-11,21H,8-9,12-13H2,1H3,(H,32,38)(H,33,35,36). The number of carbonyl (C=O) groups is 4. The van der Waals surface area contributed by atoms with Crippen LogP contribution in [0.25, 0.3) is 0 Å². The van der Waals surface area contributed by atoms with Gasteiger partial charge in [0.15, 0.2) is 17.5 Å². The Morgan fingerprint density at radius 1 is 1.02 bits per heavy atom. The fourth-order valence-corrected chi connectivity index (χ4v) is 4.64. The van der Waals surface area contributed by atoms with Crippen LogP contribution < -0.4 is 20.1 Å². The molecule has 3 aromatic rings. The fraction of sp³-hybridized carbons (Fsp3) is 0.214. The average molecular weight is 569 g/mol. The summed E-state index contributed by atoms with van der Waals surface area (Å²) in [7, 11) is 1.37. The first kappa shape index (κ1) is 27.5. The molecule has 5 rings (SSSR count). The van der Waals surface area contributed by atoms with Crippen molar-refractivity contribution >= 4 is 29.5 Å². The third-order valence-electron chi connectivity index (χ3n) is 6.58. The van der Waals surface area contributed by atoms with Crippen molar-refractivity contribution < 1.29 is 46.6 Å². The lowest BCUT2D eigenvalue weighted by Crippen LogP contribution is -2.52. The molecule has 10 nitrogen and oxygen atoms in total. The van der Waals surface area contributed by atoms with Crippen LogP contribution in [0.3, 0.4) is 0 Å². The quantitative estimate of drug-likeness (QED) is 0.319. The van der Waals surface area contributed by atoms with Crippen LogP contribution in [-0.4, -0.2) is 41.9 Å². The number of nitrogens with zero attached hydrogens (tertiary/aromatic N) is 1. The molecule has 2 N–H and O–H groups in total. The maximum Gasteiger partial charge on any atom is 0.411 e. The van der Waals surface area contributed by atoms with Crippen molar-refractivity contribution in [3.05, 3.63) is 82.7 Å². The van der Waals surface area contributed by atoms with Gasteiger partial charge in [-0.2, -0.15) is 0 Å². The van der Waals surface area contributed by atoms with E-state index in [0.29, 0.717) is 28.9 Å². The highest BCUT2D eigenvalue weighted by molar-refractivity contribution is 6.06. The minimum atomic E-state index is -1.60. The second-order valence-electron chi connectivity index (χ2n) is 9.22. The Hall–Kier alpha value is -5.07. The van der Waals surface area contributed by atoms with Crippen LogP contribution >= 0.6 is 0 Å². The van der Waals surface area contributed by atoms with Crippen molar-refractivity contribution in [2.75, 3.05) is 12.4 Å². The Morgan fingerprint density at radius 3 is 2.39 bits per heavy atom. The molecule has 0 bridgehead atoms. The summed E-state index contributed by atoms with van der Waals surface area (Å²) in [6.07, 6.45) is -0.467. The van der Waals surface area contributed by atoms with Crippen LogP contribution in [0.15, 0.2) is 48.5 Å². The highest BCUT2D eigenvalue weighted by Gasteiger charge is 2.41. The Labute approximate surface area is 231 Å². The number of fused-ring (bicyclic) bond motifs is 1. The summed E-state index contributed by atoms with van der Waals surface area (Å²) in [6, 6.07) is 9.70. The lowest BCUT2D eigenvalue weighted by atomic mass is 10.0. The molecule has 2 aliphatic heterocycles. The summed E-state index contributed by atoms with van der Waals surface area (Å²) < 4.78 is 56.0. The first-order valence-electron chi connectivity index (χ1n) is 12.3. The van der Waals surface area contributed by atoms with Gasteiger partial charge >= 0.3 is 6.09 Å². The summed E-state index contributed by atoms with van der Waals surface area (Å²) >= 11 is 0. The zero-order valence-corrected chi connectivity index (χ0v) is 21.5. The molecule has 13 heteroatoms. The second kappa shape index (κ2) is 11.2. The minimum absolute atomic E-state index is 0.131.